The summed E-state index contributed by atoms with van der Waals surface area (Å²) in [7, 11) is 0. The minimum atomic E-state index is -0.228. The predicted octanol–water partition coefficient (Wildman–Crippen LogP) is 2.55. The van der Waals surface area contributed by atoms with Gasteiger partial charge in [0.05, 0.1) is 11.3 Å². The molecule has 1 aromatic heterocycles. The molecule has 1 heterocycles. The van der Waals surface area contributed by atoms with Crippen molar-refractivity contribution in [3.63, 3.8) is 0 Å². The Bertz CT molecular complexity index is 650. The third kappa shape index (κ3) is 2.59. The van der Waals surface area contributed by atoms with Crippen molar-refractivity contribution in [3.8, 4) is 0 Å². The van der Waals surface area contributed by atoms with Crippen LogP contribution >= 0.6 is 0 Å². The third-order valence-corrected chi connectivity index (χ3v) is 3.40. The summed E-state index contributed by atoms with van der Waals surface area (Å²) < 4.78 is 0. The molecule has 1 aliphatic carbocycles. The molecule has 0 saturated carbocycles. The molecule has 0 fully saturated rings. The van der Waals surface area contributed by atoms with Gasteiger partial charge in [0, 0.05) is 18.0 Å². The molecule has 1 aliphatic rings. The van der Waals surface area contributed by atoms with Crippen molar-refractivity contribution in [2.45, 2.75) is 19.3 Å². The second kappa shape index (κ2) is 5.65. The van der Waals surface area contributed by atoms with Crippen LogP contribution in [0.2, 0.25) is 0 Å². The van der Waals surface area contributed by atoms with Gasteiger partial charge < -0.3 is 0 Å². The lowest BCUT2D eigenvalue weighted by molar-refractivity contribution is 0.0954. The Morgan fingerprint density at radius 1 is 1.15 bits per heavy atom. The van der Waals surface area contributed by atoms with Crippen molar-refractivity contribution in [2.24, 2.45) is 5.10 Å². The minimum absolute atomic E-state index is 0.228. The third-order valence-electron chi connectivity index (χ3n) is 3.40. The molecule has 1 aromatic carbocycles. The number of carbonyl (C=O) groups excluding carboxylic acids is 1. The highest BCUT2D eigenvalue weighted by Gasteiger charge is 2.15. The zero-order valence-corrected chi connectivity index (χ0v) is 11.0. The van der Waals surface area contributed by atoms with Gasteiger partial charge in [-0.15, -0.1) is 0 Å². The van der Waals surface area contributed by atoms with Crippen LogP contribution in [-0.4, -0.2) is 16.6 Å². The number of nitrogens with zero attached hydrogens (tertiary/aromatic N) is 2. The molecule has 0 atom stereocenters. The van der Waals surface area contributed by atoms with Crippen LogP contribution < -0.4 is 5.43 Å². The van der Waals surface area contributed by atoms with E-state index in [0.717, 1.165) is 30.5 Å². The summed E-state index contributed by atoms with van der Waals surface area (Å²) in [6.07, 6.45) is 6.21. The molecule has 3 rings (SSSR count). The lowest BCUT2D eigenvalue weighted by atomic mass is 9.90. The first-order valence-corrected chi connectivity index (χ1v) is 6.70. The molecule has 0 saturated heterocycles. The number of rotatable bonds is 2. The Morgan fingerprint density at radius 3 is 2.90 bits per heavy atom. The molecule has 0 bridgehead atoms. The van der Waals surface area contributed by atoms with Crippen molar-refractivity contribution >= 4 is 11.6 Å². The number of hydrogen-bond acceptors (Lipinski definition) is 3. The van der Waals surface area contributed by atoms with Gasteiger partial charge in [-0.1, -0.05) is 24.3 Å². The van der Waals surface area contributed by atoms with Crippen molar-refractivity contribution < 1.29 is 4.79 Å². The maximum absolute atomic E-state index is 11.9. The van der Waals surface area contributed by atoms with Crippen LogP contribution in [0.4, 0.5) is 0 Å². The van der Waals surface area contributed by atoms with Crippen LogP contribution in [-0.2, 0) is 6.42 Å². The van der Waals surface area contributed by atoms with Gasteiger partial charge in [0.1, 0.15) is 0 Å². The maximum atomic E-state index is 11.9. The van der Waals surface area contributed by atoms with E-state index in [1.54, 1.807) is 18.3 Å². The smallest absolute Gasteiger partial charge is 0.267 e. The summed E-state index contributed by atoms with van der Waals surface area (Å²) in [6.45, 7) is 0. The normalized spacial score (nSPS) is 15.7. The van der Waals surface area contributed by atoms with Crippen molar-refractivity contribution in [3.05, 3.63) is 65.5 Å². The SMILES string of the molecule is O=C(N/N=C1\CCCc2ccccc21)c1cccnc1. The van der Waals surface area contributed by atoms with Gasteiger partial charge in [0.2, 0.25) is 0 Å². The van der Waals surface area contributed by atoms with Crippen LogP contribution in [0.25, 0.3) is 0 Å². The first-order chi connectivity index (χ1) is 9.84. The van der Waals surface area contributed by atoms with Gasteiger partial charge in [-0.2, -0.15) is 5.10 Å². The number of aromatic nitrogens is 1. The standard InChI is InChI=1S/C16H15N3O/c20-16(13-7-4-10-17-11-13)19-18-15-9-3-6-12-5-1-2-8-14(12)15/h1-2,4-5,7-8,10-11H,3,6,9H2,(H,19,20)/b18-15+. The van der Waals surface area contributed by atoms with Gasteiger partial charge in [0.15, 0.2) is 0 Å². The fourth-order valence-electron chi connectivity index (χ4n) is 2.40. The quantitative estimate of drug-likeness (QED) is 0.848. The minimum Gasteiger partial charge on any atom is -0.267 e. The average molecular weight is 265 g/mol. The Balaban J connectivity index is 1.79. The van der Waals surface area contributed by atoms with Gasteiger partial charge >= 0.3 is 0 Å². The maximum Gasteiger partial charge on any atom is 0.272 e. The number of hydrogen-bond donors (Lipinski definition) is 1. The largest absolute Gasteiger partial charge is 0.272 e. The number of carbonyl (C=O) groups is 1. The number of aryl methyl sites for hydroxylation is 1. The topological polar surface area (TPSA) is 54.4 Å². The van der Waals surface area contributed by atoms with E-state index in [1.165, 1.54) is 11.8 Å². The highest BCUT2D eigenvalue weighted by Crippen LogP contribution is 2.21. The Hall–Kier alpha value is -2.49. The second-order valence-corrected chi connectivity index (χ2v) is 4.75. The summed E-state index contributed by atoms with van der Waals surface area (Å²) in [5.41, 5.74) is 6.52. The summed E-state index contributed by atoms with van der Waals surface area (Å²) in [6, 6.07) is 11.7. The highest BCUT2D eigenvalue weighted by molar-refractivity contribution is 6.04. The van der Waals surface area contributed by atoms with E-state index in [0.29, 0.717) is 5.56 Å². The van der Waals surface area contributed by atoms with Gasteiger partial charge in [-0.3, -0.25) is 9.78 Å². The summed E-state index contributed by atoms with van der Waals surface area (Å²) in [5, 5.41) is 4.29. The molecule has 1 N–H and O–H groups in total. The molecule has 20 heavy (non-hydrogen) atoms. The lowest BCUT2D eigenvalue weighted by Crippen LogP contribution is -2.22. The van der Waals surface area contributed by atoms with Crippen LogP contribution in [0.5, 0.6) is 0 Å². The lowest BCUT2D eigenvalue weighted by Gasteiger charge is -2.17. The van der Waals surface area contributed by atoms with Crippen LogP contribution in [0.1, 0.15) is 34.3 Å². The first kappa shape index (κ1) is 12.5. The number of pyridine rings is 1. The number of fused-ring (bicyclic) bond motifs is 1. The van der Waals surface area contributed by atoms with E-state index in [2.05, 4.69) is 27.6 Å². The molecule has 1 amide bonds. The van der Waals surface area contributed by atoms with E-state index >= 15 is 0 Å². The molecule has 100 valence electrons. The number of nitrogens with one attached hydrogen (secondary N) is 1. The number of benzene rings is 1. The molecule has 4 nitrogen and oxygen atoms in total. The fourth-order valence-corrected chi connectivity index (χ4v) is 2.40. The molecule has 0 unspecified atom stereocenters. The summed E-state index contributed by atoms with van der Waals surface area (Å²) >= 11 is 0. The molecule has 0 spiro atoms. The van der Waals surface area contributed by atoms with Gasteiger partial charge in [-0.25, -0.2) is 5.43 Å². The highest BCUT2D eigenvalue weighted by atomic mass is 16.2. The zero-order chi connectivity index (χ0) is 13.8. The number of hydrazone groups is 1. The molecule has 0 aliphatic heterocycles. The zero-order valence-electron chi connectivity index (χ0n) is 11.0. The molecular weight excluding hydrogens is 250 g/mol. The van der Waals surface area contributed by atoms with Crippen LogP contribution in [0.15, 0.2) is 53.9 Å². The Morgan fingerprint density at radius 2 is 2.05 bits per heavy atom. The van der Waals surface area contributed by atoms with E-state index in [9.17, 15) is 4.79 Å². The van der Waals surface area contributed by atoms with E-state index in [4.69, 9.17) is 0 Å². The molecule has 4 heteroatoms. The van der Waals surface area contributed by atoms with Crippen molar-refractivity contribution in [1.82, 2.24) is 10.4 Å². The number of amides is 1. The van der Waals surface area contributed by atoms with Crippen LogP contribution in [0.3, 0.4) is 0 Å². The second-order valence-electron chi connectivity index (χ2n) is 4.75. The Kier molecular flexibility index (Phi) is 3.54. The first-order valence-electron chi connectivity index (χ1n) is 6.70. The van der Waals surface area contributed by atoms with E-state index in [1.807, 2.05) is 12.1 Å². The molecule has 2 aromatic rings. The van der Waals surface area contributed by atoms with Crippen molar-refractivity contribution in [2.75, 3.05) is 0 Å². The van der Waals surface area contributed by atoms with E-state index in [-0.39, 0.29) is 5.91 Å². The molecule has 0 radical (unpaired) electrons. The molecular formula is C16H15N3O. The fraction of sp³-hybridized carbons (Fsp3) is 0.188. The predicted molar refractivity (Wildman–Crippen MR) is 77.6 cm³/mol. The van der Waals surface area contributed by atoms with Crippen LogP contribution in [0, 0.1) is 0 Å². The van der Waals surface area contributed by atoms with Gasteiger partial charge in [0.25, 0.3) is 5.91 Å². The average Bonchev–Trinajstić information content (AvgIpc) is 2.53. The Labute approximate surface area is 117 Å². The monoisotopic (exact) mass is 265 g/mol. The van der Waals surface area contributed by atoms with E-state index < -0.39 is 0 Å². The van der Waals surface area contributed by atoms with Gasteiger partial charge in [-0.05, 0) is 37.0 Å². The summed E-state index contributed by atoms with van der Waals surface area (Å²) in [5.74, 6) is -0.228. The van der Waals surface area contributed by atoms with Crippen molar-refractivity contribution in [1.29, 1.82) is 0 Å². The summed E-state index contributed by atoms with van der Waals surface area (Å²) in [4.78, 5) is 15.9.